The monoisotopic (exact) mass is 210 g/mol. The SMILES string of the molecule is C=CC[N+]1(CC=C)C[C@@H](C)[C@H](O)C[C@@H]1C. The highest BCUT2D eigenvalue weighted by molar-refractivity contribution is 4.81. The van der Waals surface area contributed by atoms with E-state index in [2.05, 4.69) is 27.0 Å². The number of quaternary nitrogens is 1. The first-order valence-corrected chi connectivity index (χ1v) is 5.81. The quantitative estimate of drug-likeness (QED) is 0.555. The second-order valence-electron chi connectivity index (χ2n) is 4.97. The third kappa shape index (κ3) is 2.50. The molecule has 1 aliphatic rings. The highest BCUT2D eigenvalue weighted by Crippen LogP contribution is 2.29. The van der Waals surface area contributed by atoms with Crippen molar-refractivity contribution in [3.8, 4) is 0 Å². The van der Waals surface area contributed by atoms with Crippen LogP contribution in [0.15, 0.2) is 25.3 Å². The molecule has 1 N–H and O–H groups in total. The largest absolute Gasteiger partial charge is 0.392 e. The number of hydrogen-bond acceptors (Lipinski definition) is 1. The Kier molecular flexibility index (Phi) is 4.12. The van der Waals surface area contributed by atoms with Gasteiger partial charge in [-0.3, -0.25) is 0 Å². The van der Waals surface area contributed by atoms with Gasteiger partial charge in [-0.1, -0.05) is 20.1 Å². The minimum atomic E-state index is -0.138. The second kappa shape index (κ2) is 4.95. The van der Waals surface area contributed by atoms with Gasteiger partial charge in [0.1, 0.15) is 0 Å². The summed E-state index contributed by atoms with van der Waals surface area (Å²) in [5.74, 6) is 0.376. The van der Waals surface area contributed by atoms with Gasteiger partial charge in [-0.2, -0.15) is 0 Å². The van der Waals surface area contributed by atoms with Crippen LogP contribution in [-0.4, -0.2) is 41.4 Å². The van der Waals surface area contributed by atoms with Gasteiger partial charge in [0.25, 0.3) is 0 Å². The molecule has 2 nitrogen and oxygen atoms in total. The van der Waals surface area contributed by atoms with Gasteiger partial charge in [-0.05, 0) is 19.1 Å². The summed E-state index contributed by atoms with van der Waals surface area (Å²) in [6.45, 7) is 15.0. The Morgan fingerprint density at radius 2 is 1.80 bits per heavy atom. The molecule has 0 saturated carbocycles. The van der Waals surface area contributed by atoms with Crippen LogP contribution in [0.25, 0.3) is 0 Å². The summed E-state index contributed by atoms with van der Waals surface area (Å²) in [6, 6.07) is 0.493. The normalized spacial score (nSPS) is 34.7. The van der Waals surface area contributed by atoms with Crippen molar-refractivity contribution in [2.24, 2.45) is 5.92 Å². The average molecular weight is 210 g/mol. The smallest absolute Gasteiger partial charge is 0.0975 e. The van der Waals surface area contributed by atoms with Gasteiger partial charge in [0.05, 0.1) is 31.8 Å². The van der Waals surface area contributed by atoms with Crippen LogP contribution in [0.4, 0.5) is 0 Å². The summed E-state index contributed by atoms with van der Waals surface area (Å²) in [4.78, 5) is 0. The molecule has 0 unspecified atom stereocenters. The fourth-order valence-corrected chi connectivity index (χ4v) is 2.78. The maximum Gasteiger partial charge on any atom is 0.0975 e. The van der Waals surface area contributed by atoms with Crippen LogP contribution < -0.4 is 0 Å². The summed E-state index contributed by atoms with van der Waals surface area (Å²) in [7, 11) is 0. The Morgan fingerprint density at radius 1 is 1.27 bits per heavy atom. The van der Waals surface area contributed by atoms with Crippen LogP contribution in [0.3, 0.4) is 0 Å². The van der Waals surface area contributed by atoms with E-state index in [1.165, 1.54) is 0 Å². The summed E-state index contributed by atoms with van der Waals surface area (Å²) in [5.41, 5.74) is 0. The molecule has 0 aromatic heterocycles. The van der Waals surface area contributed by atoms with Gasteiger partial charge < -0.3 is 9.59 Å². The van der Waals surface area contributed by atoms with E-state index in [4.69, 9.17) is 0 Å². The topological polar surface area (TPSA) is 20.2 Å². The molecule has 86 valence electrons. The van der Waals surface area contributed by atoms with Crippen LogP contribution >= 0.6 is 0 Å². The number of aliphatic hydroxyl groups is 1. The fourth-order valence-electron chi connectivity index (χ4n) is 2.78. The van der Waals surface area contributed by atoms with Gasteiger partial charge in [0, 0.05) is 12.3 Å². The summed E-state index contributed by atoms with van der Waals surface area (Å²) in [6.07, 6.45) is 4.73. The van der Waals surface area contributed by atoms with Crippen LogP contribution in [0, 0.1) is 5.92 Å². The van der Waals surface area contributed by atoms with E-state index in [1.807, 2.05) is 12.2 Å². The number of aliphatic hydroxyl groups excluding tert-OH is 1. The van der Waals surface area contributed by atoms with E-state index in [0.717, 1.165) is 30.5 Å². The van der Waals surface area contributed by atoms with Gasteiger partial charge >= 0.3 is 0 Å². The van der Waals surface area contributed by atoms with Crippen molar-refractivity contribution in [2.45, 2.75) is 32.4 Å². The molecule has 1 fully saturated rings. The number of piperidine rings is 1. The molecule has 3 atom stereocenters. The van der Waals surface area contributed by atoms with Gasteiger partial charge in [0.15, 0.2) is 0 Å². The van der Waals surface area contributed by atoms with E-state index < -0.39 is 0 Å². The molecule has 1 heterocycles. The molecule has 0 bridgehead atoms. The molecule has 0 aliphatic carbocycles. The van der Waals surface area contributed by atoms with Crippen LogP contribution in [0.2, 0.25) is 0 Å². The molecule has 0 radical (unpaired) electrons. The molecule has 1 rings (SSSR count). The van der Waals surface area contributed by atoms with E-state index in [9.17, 15) is 5.11 Å². The zero-order chi connectivity index (χ0) is 11.5. The van der Waals surface area contributed by atoms with Crippen LogP contribution in [0.1, 0.15) is 20.3 Å². The lowest BCUT2D eigenvalue weighted by Gasteiger charge is -2.49. The molecule has 0 aromatic rings. The van der Waals surface area contributed by atoms with E-state index >= 15 is 0 Å². The zero-order valence-corrected chi connectivity index (χ0v) is 10.0. The summed E-state index contributed by atoms with van der Waals surface area (Å²) >= 11 is 0. The Balaban J connectivity index is 2.84. The molecule has 1 saturated heterocycles. The standard InChI is InChI=1S/C13H24NO/c1-5-7-14(8-6-2)10-11(3)13(15)9-12(14)4/h5-6,11-13,15H,1-2,7-10H2,3-4H3/q+1/t11-,12+,13-/m1/s1. The maximum absolute atomic E-state index is 9.86. The molecule has 0 spiro atoms. The fraction of sp³-hybridized carbons (Fsp3) is 0.692. The maximum atomic E-state index is 9.86. The van der Waals surface area contributed by atoms with E-state index in [1.54, 1.807) is 0 Å². The van der Waals surface area contributed by atoms with E-state index in [-0.39, 0.29) is 6.10 Å². The van der Waals surface area contributed by atoms with E-state index in [0.29, 0.717) is 12.0 Å². The van der Waals surface area contributed by atoms with Crippen LogP contribution in [-0.2, 0) is 0 Å². The highest BCUT2D eigenvalue weighted by Gasteiger charge is 2.41. The average Bonchev–Trinajstić information content (AvgIpc) is 2.16. The molecule has 0 aromatic carbocycles. The number of nitrogens with zero attached hydrogens (tertiary/aromatic N) is 1. The Labute approximate surface area is 93.5 Å². The van der Waals surface area contributed by atoms with Crippen molar-refractivity contribution in [3.05, 3.63) is 25.3 Å². The van der Waals surface area contributed by atoms with Gasteiger partial charge in [0.2, 0.25) is 0 Å². The predicted molar refractivity (Wildman–Crippen MR) is 64.5 cm³/mol. The number of rotatable bonds is 4. The van der Waals surface area contributed by atoms with Crippen molar-refractivity contribution in [1.82, 2.24) is 0 Å². The van der Waals surface area contributed by atoms with Crippen molar-refractivity contribution in [2.75, 3.05) is 19.6 Å². The lowest BCUT2D eigenvalue weighted by atomic mass is 9.89. The van der Waals surface area contributed by atoms with Gasteiger partial charge in [-0.25, -0.2) is 0 Å². The van der Waals surface area contributed by atoms with Gasteiger partial charge in [-0.15, -0.1) is 0 Å². The number of likely N-dealkylation sites (tertiary alicyclic amines) is 1. The summed E-state index contributed by atoms with van der Waals surface area (Å²) in [5, 5.41) is 9.86. The first-order chi connectivity index (χ1) is 7.05. The Morgan fingerprint density at radius 3 is 2.27 bits per heavy atom. The second-order valence-corrected chi connectivity index (χ2v) is 4.97. The third-order valence-corrected chi connectivity index (χ3v) is 3.81. The van der Waals surface area contributed by atoms with Crippen LogP contribution in [0.5, 0.6) is 0 Å². The first-order valence-electron chi connectivity index (χ1n) is 5.81. The Hall–Kier alpha value is -0.600. The molecule has 15 heavy (non-hydrogen) atoms. The lowest BCUT2D eigenvalue weighted by molar-refractivity contribution is -0.948. The predicted octanol–water partition coefficient (Wildman–Crippen LogP) is 1.96. The first kappa shape index (κ1) is 12.5. The minimum Gasteiger partial charge on any atom is -0.392 e. The molecular weight excluding hydrogens is 186 g/mol. The number of hydrogen-bond donors (Lipinski definition) is 1. The lowest BCUT2D eigenvalue weighted by Crippen LogP contribution is -2.62. The molecule has 2 heteroatoms. The van der Waals surface area contributed by atoms with Crippen molar-refractivity contribution < 1.29 is 9.59 Å². The minimum absolute atomic E-state index is 0.138. The Bertz CT molecular complexity index is 227. The van der Waals surface area contributed by atoms with Crippen molar-refractivity contribution >= 4 is 0 Å². The molecular formula is C13H24NO+. The van der Waals surface area contributed by atoms with Crippen molar-refractivity contribution in [3.63, 3.8) is 0 Å². The van der Waals surface area contributed by atoms with Crippen molar-refractivity contribution in [1.29, 1.82) is 0 Å². The molecule has 1 aliphatic heterocycles. The summed E-state index contributed by atoms with van der Waals surface area (Å²) < 4.78 is 1.01. The third-order valence-electron chi connectivity index (χ3n) is 3.81. The zero-order valence-electron chi connectivity index (χ0n) is 10.0. The highest BCUT2D eigenvalue weighted by atomic mass is 16.3. The molecule has 0 amide bonds.